The van der Waals surface area contributed by atoms with Crippen LogP contribution in [0.2, 0.25) is 0 Å². The molecule has 1 aliphatic heterocycles. The summed E-state index contributed by atoms with van der Waals surface area (Å²) in [6, 6.07) is 7.06. The third kappa shape index (κ3) is 4.08. The number of hydrogen-bond donors (Lipinski definition) is 1. The van der Waals surface area contributed by atoms with Crippen molar-refractivity contribution in [1.82, 2.24) is 14.8 Å². The number of piperazine rings is 1. The summed E-state index contributed by atoms with van der Waals surface area (Å²) in [4.78, 5) is 31.2. The van der Waals surface area contributed by atoms with E-state index in [0.29, 0.717) is 49.1 Å². The van der Waals surface area contributed by atoms with E-state index in [1.807, 2.05) is 6.07 Å². The third-order valence-electron chi connectivity index (χ3n) is 4.48. The molecule has 25 heavy (non-hydrogen) atoms. The van der Waals surface area contributed by atoms with Crippen LogP contribution in [0.3, 0.4) is 0 Å². The molecule has 3 rings (SSSR count). The molecule has 1 aliphatic rings. The Labute approximate surface area is 146 Å². The predicted molar refractivity (Wildman–Crippen MR) is 96.6 cm³/mol. The minimum atomic E-state index is -2.98. The van der Waals surface area contributed by atoms with Crippen molar-refractivity contribution in [2.45, 2.75) is 0 Å². The molecule has 0 bridgehead atoms. The number of hydrogen-bond acceptors (Lipinski definition) is 5. The van der Waals surface area contributed by atoms with Gasteiger partial charge in [0.2, 0.25) is 0 Å². The lowest BCUT2D eigenvalue weighted by molar-refractivity contribution is 0.0645. The fourth-order valence-electron chi connectivity index (χ4n) is 3.03. The fraction of sp³-hybridized carbons (Fsp3) is 0.412. The Kier molecular flexibility index (Phi) is 4.91. The molecule has 0 saturated carbocycles. The largest absolute Gasteiger partial charge is 0.336 e. The van der Waals surface area contributed by atoms with Crippen LogP contribution in [-0.4, -0.2) is 73.8 Å². The van der Waals surface area contributed by atoms with Gasteiger partial charge in [-0.15, -0.1) is 0 Å². The number of aromatic amines is 1. The lowest BCUT2D eigenvalue weighted by atomic mass is 10.1. The Morgan fingerprint density at radius 2 is 1.76 bits per heavy atom. The van der Waals surface area contributed by atoms with Crippen LogP contribution in [-0.2, 0) is 9.84 Å². The van der Waals surface area contributed by atoms with E-state index >= 15 is 0 Å². The molecule has 8 heteroatoms. The van der Waals surface area contributed by atoms with Crippen LogP contribution >= 0.6 is 0 Å². The minimum Gasteiger partial charge on any atom is -0.336 e. The first-order valence-electron chi connectivity index (χ1n) is 8.15. The van der Waals surface area contributed by atoms with Crippen molar-refractivity contribution < 1.29 is 13.2 Å². The highest BCUT2D eigenvalue weighted by Gasteiger charge is 2.24. The normalized spacial score (nSPS) is 16.3. The second-order valence-electron chi connectivity index (χ2n) is 6.34. The monoisotopic (exact) mass is 363 g/mol. The van der Waals surface area contributed by atoms with Crippen molar-refractivity contribution in [2.75, 3.05) is 44.7 Å². The number of fused-ring (bicyclic) bond motifs is 1. The molecule has 0 atom stereocenters. The molecule has 0 aliphatic carbocycles. The maximum Gasteiger partial charge on any atom is 0.256 e. The highest BCUT2D eigenvalue weighted by Crippen LogP contribution is 2.17. The van der Waals surface area contributed by atoms with Crippen LogP contribution < -0.4 is 5.56 Å². The molecule has 134 valence electrons. The summed E-state index contributed by atoms with van der Waals surface area (Å²) < 4.78 is 22.5. The lowest BCUT2D eigenvalue weighted by Gasteiger charge is -2.34. The van der Waals surface area contributed by atoms with Crippen LogP contribution in [0.4, 0.5) is 0 Å². The number of nitrogens with one attached hydrogen (secondary N) is 1. The van der Waals surface area contributed by atoms with Crippen LogP contribution in [0.15, 0.2) is 35.3 Å². The molecule has 1 N–H and O–H groups in total. The Morgan fingerprint density at radius 3 is 2.40 bits per heavy atom. The van der Waals surface area contributed by atoms with Gasteiger partial charge >= 0.3 is 0 Å². The third-order valence-corrected chi connectivity index (χ3v) is 5.40. The summed E-state index contributed by atoms with van der Waals surface area (Å²) in [5.74, 6) is 0.0149. The number of benzene rings is 1. The Hall–Kier alpha value is -2.19. The molecule has 1 amide bonds. The molecular formula is C17H21N3O4S. The first kappa shape index (κ1) is 17.6. The summed E-state index contributed by atoms with van der Waals surface area (Å²) in [7, 11) is -2.98. The summed E-state index contributed by atoms with van der Waals surface area (Å²) >= 11 is 0. The second kappa shape index (κ2) is 6.97. The average molecular weight is 363 g/mol. The zero-order chi connectivity index (χ0) is 18.0. The van der Waals surface area contributed by atoms with E-state index in [1.165, 1.54) is 12.5 Å². The van der Waals surface area contributed by atoms with E-state index in [4.69, 9.17) is 0 Å². The zero-order valence-electron chi connectivity index (χ0n) is 14.1. The molecule has 0 spiro atoms. The van der Waals surface area contributed by atoms with Crippen molar-refractivity contribution in [3.05, 3.63) is 46.4 Å². The average Bonchev–Trinajstić information content (AvgIpc) is 2.60. The van der Waals surface area contributed by atoms with Crippen LogP contribution in [0.5, 0.6) is 0 Å². The molecule has 1 aromatic carbocycles. The SMILES string of the molecule is CS(=O)(=O)CCN1CCN(C(=O)c2c[nH]c(=O)c3ccccc23)CC1. The minimum absolute atomic E-state index is 0.116. The summed E-state index contributed by atoms with van der Waals surface area (Å²) in [6.07, 6.45) is 2.71. The van der Waals surface area contributed by atoms with Gasteiger partial charge in [0, 0.05) is 55.9 Å². The number of nitrogens with zero attached hydrogens (tertiary/aromatic N) is 2. The van der Waals surface area contributed by atoms with E-state index in [2.05, 4.69) is 9.88 Å². The van der Waals surface area contributed by atoms with Gasteiger partial charge in [-0.3, -0.25) is 14.5 Å². The van der Waals surface area contributed by atoms with Gasteiger partial charge in [-0.1, -0.05) is 18.2 Å². The van der Waals surface area contributed by atoms with Crippen molar-refractivity contribution in [1.29, 1.82) is 0 Å². The van der Waals surface area contributed by atoms with Crippen LogP contribution in [0.25, 0.3) is 10.8 Å². The molecule has 0 unspecified atom stereocenters. The molecule has 2 aromatic rings. The Bertz CT molecular complexity index is 944. The standard InChI is InChI=1S/C17H21N3O4S/c1-25(23,24)11-10-19-6-8-20(9-7-19)17(22)15-12-18-16(21)14-5-3-2-4-13(14)15/h2-5,12H,6-11H2,1H3,(H,18,21). The maximum absolute atomic E-state index is 12.8. The Morgan fingerprint density at radius 1 is 1.12 bits per heavy atom. The number of rotatable bonds is 4. The maximum atomic E-state index is 12.8. The second-order valence-corrected chi connectivity index (χ2v) is 8.60. The zero-order valence-corrected chi connectivity index (χ0v) is 14.9. The van der Waals surface area contributed by atoms with Gasteiger partial charge in [0.1, 0.15) is 9.84 Å². The molecule has 1 saturated heterocycles. The summed E-state index contributed by atoms with van der Waals surface area (Å²) in [5.41, 5.74) is 0.275. The van der Waals surface area contributed by atoms with Gasteiger partial charge in [-0.05, 0) is 6.07 Å². The van der Waals surface area contributed by atoms with E-state index in [9.17, 15) is 18.0 Å². The van der Waals surface area contributed by atoms with Crippen molar-refractivity contribution in [3.63, 3.8) is 0 Å². The quantitative estimate of drug-likeness (QED) is 0.845. The van der Waals surface area contributed by atoms with E-state index < -0.39 is 9.84 Å². The van der Waals surface area contributed by atoms with Gasteiger partial charge in [0.15, 0.2) is 0 Å². The molecule has 7 nitrogen and oxygen atoms in total. The molecular weight excluding hydrogens is 342 g/mol. The topological polar surface area (TPSA) is 90.6 Å². The summed E-state index contributed by atoms with van der Waals surface area (Å²) in [6.45, 7) is 2.85. The molecule has 1 fully saturated rings. The van der Waals surface area contributed by atoms with E-state index in [-0.39, 0.29) is 17.2 Å². The lowest BCUT2D eigenvalue weighted by Crippen LogP contribution is -2.49. The molecule has 1 aromatic heterocycles. The highest BCUT2D eigenvalue weighted by molar-refractivity contribution is 7.90. The number of pyridine rings is 1. The fourth-order valence-corrected chi connectivity index (χ4v) is 3.62. The number of sulfone groups is 1. The van der Waals surface area contributed by atoms with Crippen LogP contribution in [0, 0.1) is 0 Å². The first-order chi connectivity index (χ1) is 11.8. The van der Waals surface area contributed by atoms with Gasteiger partial charge < -0.3 is 9.88 Å². The number of aromatic nitrogens is 1. The van der Waals surface area contributed by atoms with Crippen LogP contribution in [0.1, 0.15) is 10.4 Å². The highest BCUT2D eigenvalue weighted by atomic mass is 32.2. The van der Waals surface area contributed by atoms with Crippen molar-refractivity contribution >= 4 is 26.5 Å². The van der Waals surface area contributed by atoms with Gasteiger partial charge in [-0.2, -0.15) is 0 Å². The van der Waals surface area contributed by atoms with Gasteiger partial charge in [0.25, 0.3) is 11.5 Å². The van der Waals surface area contributed by atoms with Gasteiger partial charge in [0.05, 0.1) is 11.3 Å². The number of carbonyl (C=O) groups is 1. The Balaban J connectivity index is 1.72. The van der Waals surface area contributed by atoms with E-state index in [1.54, 1.807) is 23.1 Å². The number of amides is 1. The van der Waals surface area contributed by atoms with E-state index in [0.717, 1.165) is 0 Å². The molecule has 0 radical (unpaired) electrons. The number of carbonyl (C=O) groups excluding carboxylic acids is 1. The number of H-pyrrole nitrogens is 1. The molecule has 2 heterocycles. The predicted octanol–water partition coefficient (Wildman–Crippen LogP) is 0.331. The van der Waals surface area contributed by atoms with Crippen molar-refractivity contribution in [3.8, 4) is 0 Å². The van der Waals surface area contributed by atoms with Gasteiger partial charge in [-0.25, -0.2) is 8.42 Å². The summed E-state index contributed by atoms with van der Waals surface area (Å²) in [5, 5.41) is 1.15. The van der Waals surface area contributed by atoms with Crippen molar-refractivity contribution in [2.24, 2.45) is 0 Å². The first-order valence-corrected chi connectivity index (χ1v) is 10.2. The smallest absolute Gasteiger partial charge is 0.256 e.